The molecule has 0 radical (unpaired) electrons. The van der Waals surface area contributed by atoms with Crippen molar-refractivity contribution in [1.82, 2.24) is 4.31 Å². The van der Waals surface area contributed by atoms with Gasteiger partial charge in [-0.3, -0.25) is 0 Å². The summed E-state index contributed by atoms with van der Waals surface area (Å²) in [6, 6.07) is 4.95. The van der Waals surface area contributed by atoms with Crippen LogP contribution in [0.1, 0.15) is 6.92 Å². The van der Waals surface area contributed by atoms with Crippen LogP contribution in [0.5, 0.6) is 5.75 Å². The molecule has 0 fully saturated rings. The molecule has 0 unspecified atom stereocenters. The van der Waals surface area contributed by atoms with E-state index in [0.717, 1.165) is 16.5 Å². The van der Waals surface area contributed by atoms with Crippen LogP contribution < -0.4 is 10.1 Å². The first-order valence-electron chi connectivity index (χ1n) is 5.28. The monoisotopic (exact) mass is 258 g/mol. The molecule has 0 amide bonds. The molecule has 0 saturated carbocycles. The fourth-order valence-electron chi connectivity index (χ4n) is 1.39. The van der Waals surface area contributed by atoms with Gasteiger partial charge in [0.1, 0.15) is 10.6 Å². The Hall–Kier alpha value is -1.27. The first-order chi connectivity index (χ1) is 7.93. The number of rotatable bonds is 5. The minimum atomic E-state index is -3.47. The van der Waals surface area contributed by atoms with Crippen molar-refractivity contribution >= 4 is 15.7 Å². The maximum absolute atomic E-state index is 12.0. The number of hydrogen-bond donors (Lipinski definition) is 1. The van der Waals surface area contributed by atoms with Crippen LogP contribution in [0.25, 0.3) is 0 Å². The molecule has 0 aliphatic rings. The van der Waals surface area contributed by atoms with Gasteiger partial charge in [0.25, 0.3) is 0 Å². The Morgan fingerprint density at radius 1 is 1.35 bits per heavy atom. The molecule has 0 atom stereocenters. The van der Waals surface area contributed by atoms with Crippen LogP contribution in [-0.4, -0.2) is 40.5 Å². The van der Waals surface area contributed by atoms with Gasteiger partial charge in [-0.25, -0.2) is 12.7 Å². The van der Waals surface area contributed by atoms with Crippen LogP contribution >= 0.6 is 0 Å². The lowest BCUT2D eigenvalue weighted by molar-refractivity contribution is 0.400. The quantitative estimate of drug-likeness (QED) is 0.866. The van der Waals surface area contributed by atoms with Crippen LogP contribution in [0.15, 0.2) is 23.1 Å². The summed E-state index contributed by atoms with van der Waals surface area (Å²) < 4.78 is 30.3. The van der Waals surface area contributed by atoms with E-state index in [1.807, 2.05) is 6.92 Å². The van der Waals surface area contributed by atoms with Crippen molar-refractivity contribution in [3.8, 4) is 5.75 Å². The number of nitrogens with one attached hydrogen (secondary N) is 1. The lowest BCUT2D eigenvalue weighted by atomic mass is 10.3. The van der Waals surface area contributed by atoms with Crippen molar-refractivity contribution < 1.29 is 13.2 Å². The van der Waals surface area contributed by atoms with Gasteiger partial charge in [-0.05, 0) is 19.1 Å². The zero-order valence-corrected chi connectivity index (χ0v) is 11.3. The van der Waals surface area contributed by atoms with Crippen LogP contribution in [0.2, 0.25) is 0 Å². The molecule has 1 N–H and O–H groups in total. The Kier molecular flexibility index (Phi) is 4.36. The van der Waals surface area contributed by atoms with Crippen molar-refractivity contribution in [3.63, 3.8) is 0 Å². The second-order valence-electron chi connectivity index (χ2n) is 3.68. The highest BCUT2D eigenvalue weighted by Crippen LogP contribution is 2.28. The molecule has 0 aliphatic carbocycles. The summed E-state index contributed by atoms with van der Waals surface area (Å²) in [7, 11) is 0.973. The van der Waals surface area contributed by atoms with Crippen LogP contribution in [0, 0.1) is 0 Å². The van der Waals surface area contributed by atoms with Crippen molar-refractivity contribution in [2.75, 3.05) is 33.1 Å². The van der Waals surface area contributed by atoms with E-state index < -0.39 is 10.0 Å². The van der Waals surface area contributed by atoms with Crippen molar-refractivity contribution in [3.05, 3.63) is 18.2 Å². The van der Waals surface area contributed by atoms with Crippen molar-refractivity contribution in [2.24, 2.45) is 0 Å². The highest BCUT2D eigenvalue weighted by atomic mass is 32.2. The number of nitrogens with zero attached hydrogens (tertiary/aromatic N) is 1. The molecule has 0 heterocycles. The summed E-state index contributed by atoms with van der Waals surface area (Å²) in [5.74, 6) is 0.345. The Labute approximate surface area is 102 Å². The molecule has 5 nitrogen and oxygen atoms in total. The second kappa shape index (κ2) is 5.37. The van der Waals surface area contributed by atoms with Gasteiger partial charge in [0.05, 0.1) is 7.11 Å². The van der Waals surface area contributed by atoms with Gasteiger partial charge in [0.2, 0.25) is 10.0 Å². The lowest BCUT2D eigenvalue weighted by Crippen LogP contribution is -2.22. The van der Waals surface area contributed by atoms with E-state index in [4.69, 9.17) is 4.74 Å². The standard InChI is InChI=1S/C11H18N2O3S/c1-5-12-9-6-7-11(10(8-9)16-4)17(14,15)13(2)3/h6-8,12H,5H2,1-4H3. The van der Waals surface area contributed by atoms with E-state index in [9.17, 15) is 8.42 Å². The van der Waals surface area contributed by atoms with Gasteiger partial charge in [-0.15, -0.1) is 0 Å². The van der Waals surface area contributed by atoms with E-state index >= 15 is 0 Å². The molecule has 1 aromatic rings. The third-order valence-electron chi connectivity index (χ3n) is 2.30. The maximum atomic E-state index is 12.0. The van der Waals surface area contributed by atoms with Crippen LogP contribution in [0.3, 0.4) is 0 Å². The minimum absolute atomic E-state index is 0.173. The Bertz CT molecular complexity index is 483. The molecule has 0 saturated heterocycles. The zero-order valence-electron chi connectivity index (χ0n) is 10.5. The average Bonchev–Trinajstić information content (AvgIpc) is 2.28. The van der Waals surface area contributed by atoms with Crippen LogP contribution in [-0.2, 0) is 10.0 Å². The number of sulfonamides is 1. The maximum Gasteiger partial charge on any atom is 0.246 e. The van der Waals surface area contributed by atoms with E-state index in [2.05, 4.69) is 5.32 Å². The average molecular weight is 258 g/mol. The SMILES string of the molecule is CCNc1ccc(S(=O)(=O)N(C)C)c(OC)c1. The summed E-state index contributed by atoms with van der Waals surface area (Å²) in [4.78, 5) is 0.173. The molecular weight excluding hydrogens is 240 g/mol. The zero-order chi connectivity index (χ0) is 13.1. The predicted octanol–water partition coefficient (Wildman–Crippen LogP) is 1.38. The van der Waals surface area contributed by atoms with Crippen molar-refractivity contribution in [2.45, 2.75) is 11.8 Å². The fourth-order valence-corrected chi connectivity index (χ4v) is 2.42. The van der Waals surface area contributed by atoms with Crippen LogP contribution in [0.4, 0.5) is 5.69 Å². The largest absolute Gasteiger partial charge is 0.495 e. The number of methoxy groups -OCH3 is 1. The summed E-state index contributed by atoms with van der Waals surface area (Å²) in [6.45, 7) is 2.74. The minimum Gasteiger partial charge on any atom is -0.495 e. The molecule has 0 aliphatic heterocycles. The van der Waals surface area contributed by atoms with Gasteiger partial charge in [0, 0.05) is 32.4 Å². The fraction of sp³-hybridized carbons (Fsp3) is 0.455. The third kappa shape index (κ3) is 2.89. The van der Waals surface area contributed by atoms with Gasteiger partial charge >= 0.3 is 0 Å². The first kappa shape index (κ1) is 13.8. The molecule has 0 bridgehead atoms. The molecule has 0 spiro atoms. The van der Waals surface area contributed by atoms with Gasteiger partial charge in [0.15, 0.2) is 0 Å². The van der Waals surface area contributed by atoms with Gasteiger partial charge in [-0.1, -0.05) is 0 Å². The molecule has 6 heteroatoms. The van der Waals surface area contributed by atoms with E-state index in [1.54, 1.807) is 18.2 Å². The summed E-state index contributed by atoms with van der Waals surface area (Å²) >= 11 is 0. The molecule has 96 valence electrons. The van der Waals surface area contributed by atoms with Gasteiger partial charge in [-0.2, -0.15) is 0 Å². The summed E-state index contributed by atoms with van der Waals surface area (Å²) in [5, 5.41) is 3.10. The lowest BCUT2D eigenvalue weighted by Gasteiger charge is -2.15. The topological polar surface area (TPSA) is 58.6 Å². The normalized spacial score (nSPS) is 11.6. The molecule has 1 aromatic carbocycles. The summed E-state index contributed by atoms with van der Waals surface area (Å²) in [5.41, 5.74) is 0.835. The predicted molar refractivity (Wildman–Crippen MR) is 68.0 cm³/mol. The Balaban J connectivity index is 3.27. The number of hydrogen-bond acceptors (Lipinski definition) is 4. The highest BCUT2D eigenvalue weighted by Gasteiger charge is 2.22. The first-order valence-corrected chi connectivity index (χ1v) is 6.72. The highest BCUT2D eigenvalue weighted by molar-refractivity contribution is 7.89. The van der Waals surface area contributed by atoms with E-state index in [1.165, 1.54) is 21.2 Å². The van der Waals surface area contributed by atoms with Crippen molar-refractivity contribution in [1.29, 1.82) is 0 Å². The Morgan fingerprint density at radius 3 is 2.47 bits per heavy atom. The molecule has 0 aromatic heterocycles. The number of ether oxygens (including phenoxy) is 1. The van der Waals surface area contributed by atoms with E-state index in [-0.39, 0.29) is 4.90 Å². The third-order valence-corrected chi connectivity index (χ3v) is 4.16. The number of anilines is 1. The van der Waals surface area contributed by atoms with Gasteiger partial charge < -0.3 is 10.1 Å². The molecular formula is C11H18N2O3S. The molecule has 17 heavy (non-hydrogen) atoms. The smallest absolute Gasteiger partial charge is 0.246 e. The number of benzene rings is 1. The molecule has 1 rings (SSSR count). The summed E-state index contributed by atoms with van der Waals surface area (Å²) in [6.07, 6.45) is 0. The Morgan fingerprint density at radius 2 is 2.00 bits per heavy atom. The second-order valence-corrected chi connectivity index (χ2v) is 5.80. The van der Waals surface area contributed by atoms with E-state index in [0.29, 0.717) is 5.75 Å².